The number of thioether (sulfide) groups is 1. The van der Waals surface area contributed by atoms with Crippen LogP contribution in [0.4, 0.5) is 5.69 Å². The maximum absolute atomic E-state index is 12.4. The Morgan fingerprint density at radius 2 is 1.86 bits per heavy atom. The number of sulfonamides is 1. The minimum Gasteiger partial charge on any atom is -0.325 e. The summed E-state index contributed by atoms with van der Waals surface area (Å²) in [4.78, 5) is 14.9. The van der Waals surface area contributed by atoms with Crippen LogP contribution in [0.15, 0.2) is 18.2 Å². The molecule has 1 saturated carbocycles. The Hall–Kier alpha value is -1.09. The Morgan fingerprint density at radius 1 is 1.17 bits per heavy atom. The van der Waals surface area contributed by atoms with Gasteiger partial charge in [-0.25, -0.2) is 13.1 Å². The van der Waals surface area contributed by atoms with Crippen LogP contribution in [-0.4, -0.2) is 55.6 Å². The molecule has 0 atom stereocenters. The topological polar surface area (TPSA) is 78.5 Å². The number of carbonyl (C=O) groups is 1. The number of rotatable bonds is 7. The van der Waals surface area contributed by atoms with Crippen LogP contribution in [0.25, 0.3) is 0 Å². The molecule has 1 aromatic carbocycles. The van der Waals surface area contributed by atoms with Crippen LogP contribution in [0.2, 0.25) is 0 Å². The number of hydrogen-bond donors (Lipinski definition) is 2. The second kappa shape index (κ2) is 10.3. The first-order chi connectivity index (χ1) is 13.8. The molecular formula is C21H33N3O3S2. The molecule has 1 aliphatic carbocycles. The first-order valence-corrected chi connectivity index (χ1v) is 13.3. The van der Waals surface area contributed by atoms with E-state index >= 15 is 0 Å². The van der Waals surface area contributed by atoms with E-state index in [-0.39, 0.29) is 6.04 Å². The third-order valence-electron chi connectivity index (χ3n) is 5.90. The van der Waals surface area contributed by atoms with Crippen molar-refractivity contribution in [3.05, 3.63) is 29.3 Å². The highest BCUT2D eigenvalue weighted by Gasteiger charge is 2.25. The zero-order valence-electron chi connectivity index (χ0n) is 17.4. The van der Waals surface area contributed by atoms with Gasteiger partial charge in [0.05, 0.1) is 0 Å². The summed E-state index contributed by atoms with van der Waals surface area (Å²) in [5.74, 6) is 1.93. The van der Waals surface area contributed by atoms with Gasteiger partial charge in [0.2, 0.25) is 15.9 Å². The molecule has 0 aromatic heterocycles. The van der Waals surface area contributed by atoms with E-state index in [1.807, 2.05) is 30.8 Å². The molecule has 162 valence electrons. The normalized spacial score (nSPS) is 23.7. The predicted octanol–water partition coefficient (Wildman–Crippen LogP) is 2.98. The largest absolute Gasteiger partial charge is 0.325 e. The van der Waals surface area contributed by atoms with E-state index in [4.69, 9.17) is 0 Å². The lowest BCUT2D eigenvalue weighted by Gasteiger charge is -2.27. The van der Waals surface area contributed by atoms with Crippen molar-refractivity contribution in [2.24, 2.45) is 5.92 Å². The average molecular weight is 440 g/mol. The number of hydrogen-bond acceptors (Lipinski definition) is 5. The summed E-state index contributed by atoms with van der Waals surface area (Å²) < 4.78 is 27.5. The van der Waals surface area contributed by atoms with E-state index < -0.39 is 21.7 Å². The molecule has 2 fully saturated rings. The van der Waals surface area contributed by atoms with Gasteiger partial charge in [0.15, 0.2) is 0 Å². The molecule has 0 unspecified atom stereocenters. The van der Waals surface area contributed by atoms with Gasteiger partial charge in [-0.05, 0) is 55.7 Å². The van der Waals surface area contributed by atoms with Crippen molar-refractivity contribution in [1.82, 2.24) is 9.62 Å². The van der Waals surface area contributed by atoms with Gasteiger partial charge in [-0.3, -0.25) is 9.69 Å². The minimum absolute atomic E-state index is 0.0447. The SMILES string of the molecule is Cc1c(CN2CCSCC2)cccc1NC(=O)CS(=O)(=O)NC1CCC(C)CC1. The van der Waals surface area contributed by atoms with Gasteiger partial charge in [-0.1, -0.05) is 19.1 Å². The first kappa shape index (κ1) is 22.6. The molecule has 29 heavy (non-hydrogen) atoms. The zero-order valence-corrected chi connectivity index (χ0v) is 19.1. The number of benzene rings is 1. The van der Waals surface area contributed by atoms with Gasteiger partial charge < -0.3 is 5.32 Å². The lowest BCUT2D eigenvalue weighted by molar-refractivity contribution is -0.113. The monoisotopic (exact) mass is 439 g/mol. The number of nitrogens with one attached hydrogen (secondary N) is 2. The Kier molecular flexibility index (Phi) is 8.01. The van der Waals surface area contributed by atoms with Crippen molar-refractivity contribution in [2.75, 3.05) is 35.7 Å². The molecule has 1 saturated heterocycles. The van der Waals surface area contributed by atoms with Gasteiger partial charge in [-0.2, -0.15) is 11.8 Å². The first-order valence-electron chi connectivity index (χ1n) is 10.5. The van der Waals surface area contributed by atoms with E-state index in [0.717, 1.165) is 62.4 Å². The third kappa shape index (κ3) is 6.98. The van der Waals surface area contributed by atoms with Crippen molar-refractivity contribution < 1.29 is 13.2 Å². The number of amides is 1. The molecule has 0 bridgehead atoms. The van der Waals surface area contributed by atoms with Crippen LogP contribution in [0.5, 0.6) is 0 Å². The van der Waals surface area contributed by atoms with Gasteiger partial charge in [0.25, 0.3) is 0 Å². The predicted molar refractivity (Wildman–Crippen MR) is 121 cm³/mol. The smallest absolute Gasteiger partial charge is 0.241 e. The maximum Gasteiger partial charge on any atom is 0.241 e. The Bertz CT molecular complexity index is 799. The lowest BCUT2D eigenvalue weighted by atomic mass is 9.88. The van der Waals surface area contributed by atoms with Crippen LogP contribution in [0.1, 0.15) is 43.7 Å². The van der Waals surface area contributed by atoms with Crippen molar-refractivity contribution >= 4 is 33.4 Å². The highest BCUT2D eigenvalue weighted by molar-refractivity contribution is 7.99. The van der Waals surface area contributed by atoms with Gasteiger partial charge in [0.1, 0.15) is 5.75 Å². The number of nitrogens with zero attached hydrogens (tertiary/aromatic N) is 1. The van der Waals surface area contributed by atoms with Crippen molar-refractivity contribution in [3.8, 4) is 0 Å². The quantitative estimate of drug-likeness (QED) is 0.683. The summed E-state index contributed by atoms with van der Waals surface area (Å²) in [7, 11) is -3.64. The van der Waals surface area contributed by atoms with Crippen LogP contribution < -0.4 is 10.0 Å². The van der Waals surface area contributed by atoms with Crippen LogP contribution in [-0.2, 0) is 21.4 Å². The minimum atomic E-state index is -3.64. The van der Waals surface area contributed by atoms with E-state index in [1.165, 1.54) is 5.56 Å². The molecule has 0 spiro atoms. The summed E-state index contributed by atoms with van der Waals surface area (Å²) in [5, 5.41) is 2.81. The van der Waals surface area contributed by atoms with Gasteiger partial charge in [-0.15, -0.1) is 0 Å². The zero-order chi connectivity index (χ0) is 20.9. The molecule has 6 nitrogen and oxygen atoms in total. The van der Waals surface area contributed by atoms with Crippen molar-refractivity contribution in [2.45, 2.75) is 52.1 Å². The highest BCUT2D eigenvalue weighted by Crippen LogP contribution is 2.24. The second-order valence-electron chi connectivity index (χ2n) is 8.36. The van der Waals surface area contributed by atoms with Crippen LogP contribution in [0.3, 0.4) is 0 Å². The number of anilines is 1. The summed E-state index contributed by atoms with van der Waals surface area (Å²) in [5.41, 5.74) is 2.87. The summed E-state index contributed by atoms with van der Waals surface area (Å²) in [6, 6.07) is 5.80. The van der Waals surface area contributed by atoms with E-state index in [2.05, 4.69) is 27.9 Å². The fourth-order valence-electron chi connectivity index (χ4n) is 4.02. The Balaban J connectivity index is 1.56. The maximum atomic E-state index is 12.4. The van der Waals surface area contributed by atoms with E-state index in [9.17, 15) is 13.2 Å². The van der Waals surface area contributed by atoms with E-state index in [1.54, 1.807) is 0 Å². The van der Waals surface area contributed by atoms with Crippen LogP contribution >= 0.6 is 11.8 Å². The van der Waals surface area contributed by atoms with Gasteiger partial charge in [0, 0.05) is 42.9 Å². The molecular weight excluding hydrogens is 406 g/mol. The van der Waals surface area contributed by atoms with Gasteiger partial charge >= 0.3 is 0 Å². The molecule has 2 aliphatic rings. The lowest BCUT2D eigenvalue weighted by Crippen LogP contribution is -2.41. The molecule has 1 aromatic rings. The highest BCUT2D eigenvalue weighted by atomic mass is 32.2. The molecule has 2 N–H and O–H groups in total. The van der Waals surface area contributed by atoms with E-state index in [0.29, 0.717) is 11.6 Å². The van der Waals surface area contributed by atoms with Crippen molar-refractivity contribution in [1.29, 1.82) is 0 Å². The van der Waals surface area contributed by atoms with Crippen molar-refractivity contribution in [3.63, 3.8) is 0 Å². The standard InChI is InChI=1S/C21H33N3O3S2/c1-16-6-8-19(9-7-16)23-29(26,27)15-21(25)22-20-5-3-4-18(17(20)2)14-24-10-12-28-13-11-24/h3-5,16,19,23H,6-15H2,1-2H3,(H,22,25). The third-order valence-corrected chi connectivity index (χ3v) is 8.18. The summed E-state index contributed by atoms with van der Waals surface area (Å²) >= 11 is 1.98. The fraction of sp³-hybridized carbons (Fsp3) is 0.667. The average Bonchev–Trinajstić information content (AvgIpc) is 2.67. The van der Waals surface area contributed by atoms with Crippen LogP contribution in [0, 0.1) is 12.8 Å². The Labute approximate surface area is 179 Å². The molecule has 1 heterocycles. The second-order valence-corrected chi connectivity index (χ2v) is 11.3. The fourth-order valence-corrected chi connectivity index (χ4v) is 6.25. The summed E-state index contributed by atoms with van der Waals surface area (Å²) in [6.07, 6.45) is 3.75. The molecule has 1 amide bonds. The molecule has 8 heteroatoms. The number of carbonyl (C=O) groups excluding carboxylic acids is 1. The summed E-state index contributed by atoms with van der Waals surface area (Å²) in [6.45, 7) is 7.18. The molecule has 0 radical (unpaired) electrons. The Morgan fingerprint density at radius 3 is 2.55 bits per heavy atom. The molecule has 1 aliphatic heterocycles. The molecule has 3 rings (SSSR count).